The summed E-state index contributed by atoms with van der Waals surface area (Å²) in [6.07, 6.45) is 12.2. The molecule has 0 rings (SSSR count). The number of carboxylic acids is 2. The van der Waals surface area contributed by atoms with Gasteiger partial charge in [-0.15, -0.1) is 0 Å². The molecule has 0 radical (unpaired) electrons. The third kappa shape index (κ3) is 26.8. The third-order valence-electron chi connectivity index (χ3n) is 4.90. The Kier molecular flexibility index (Phi) is 23.1. The van der Waals surface area contributed by atoms with Crippen molar-refractivity contribution in [3.8, 4) is 0 Å². The molecule has 30 heavy (non-hydrogen) atoms. The lowest BCUT2D eigenvalue weighted by Crippen LogP contribution is -2.28. The minimum atomic E-state index is -0.723. The molecular formula is C22H46N4O4. The summed E-state index contributed by atoms with van der Waals surface area (Å²) in [5, 5.41) is 30.4. The highest BCUT2D eigenvalue weighted by molar-refractivity contribution is 5.66. The van der Waals surface area contributed by atoms with Gasteiger partial charge in [0.1, 0.15) is 0 Å². The van der Waals surface area contributed by atoms with Crippen molar-refractivity contribution >= 4 is 11.9 Å². The molecule has 0 spiro atoms. The maximum absolute atomic E-state index is 10.4. The Hall–Kier alpha value is -1.22. The zero-order chi connectivity index (χ0) is 22.1. The van der Waals surface area contributed by atoms with Crippen LogP contribution in [0.2, 0.25) is 0 Å². The van der Waals surface area contributed by atoms with E-state index in [1.54, 1.807) is 0 Å². The Labute approximate surface area is 183 Å². The molecule has 0 fully saturated rings. The minimum absolute atomic E-state index is 0.244. The van der Waals surface area contributed by atoms with Gasteiger partial charge in [-0.25, -0.2) is 0 Å². The van der Waals surface area contributed by atoms with Gasteiger partial charge in [0.25, 0.3) is 0 Å². The van der Waals surface area contributed by atoms with Gasteiger partial charge in [-0.05, 0) is 51.9 Å². The Morgan fingerprint density at radius 1 is 0.400 bits per heavy atom. The number of carbonyl (C=O) groups is 2. The summed E-state index contributed by atoms with van der Waals surface area (Å²) < 4.78 is 0. The van der Waals surface area contributed by atoms with Gasteiger partial charge in [0.2, 0.25) is 0 Å². The van der Waals surface area contributed by atoms with Crippen molar-refractivity contribution in [3.63, 3.8) is 0 Å². The van der Waals surface area contributed by atoms with Crippen LogP contribution in [0.3, 0.4) is 0 Å². The number of unbranched alkanes of at least 4 members (excludes halogenated alkanes) is 7. The maximum Gasteiger partial charge on any atom is 0.303 e. The van der Waals surface area contributed by atoms with Gasteiger partial charge in [-0.3, -0.25) is 9.59 Å². The van der Waals surface area contributed by atoms with E-state index in [1.165, 1.54) is 51.4 Å². The number of hydrogen-bond donors (Lipinski definition) is 6. The molecule has 0 aromatic heterocycles. The first kappa shape index (κ1) is 28.8. The van der Waals surface area contributed by atoms with Crippen molar-refractivity contribution in [1.82, 2.24) is 21.3 Å². The predicted molar refractivity (Wildman–Crippen MR) is 122 cm³/mol. The fourth-order valence-corrected chi connectivity index (χ4v) is 3.14. The largest absolute Gasteiger partial charge is 0.481 e. The maximum atomic E-state index is 10.4. The molecule has 0 aromatic rings. The summed E-state index contributed by atoms with van der Waals surface area (Å²) in [5.41, 5.74) is 0. The fourth-order valence-electron chi connectivity index (χ4n) is 3.14. The quantitative estimate of drug-likeness (QED) is 0.122. The van der Waals surface area contributed by atoms with E-state index in [0.717, 1.165) is 52.4 Å². The number of hydrogen-bond acceptors (Lipinski definition) is 6. The molecule has 8 heteroatoms. The molecular weight excluding hydrogens is 384 g/mol. The lowest BCUT2D eigenvalue weighted by Gasteiger charge is -2.07. The van der Waals surface area contributed by atoms with Crippen molar-refractivity contribution in [2.24, 2.45) is 0 Å². The van der Waals surface area contributed by atoms with E-state index in [2.05, 4.69) is 21.3 Å². The highest BCUT2D eigenvalue weighted by Crippen LogP contribution is 2.07. The molecule has 8 nitrogen and oxygen atoms in total. The molecule has 0 amide bonds. The average Bonchev–Trinajstić information content (AvgIpc) is 2.70. The lowest BCUT2D eigenvalue weighted by molar-refractivity contribution is -0.138. The number of rotatable bonds is 25. The van der Waals surface area contributed by atoms with E-state index in [-0.39, 0.29) is 12.8 Å². The molecule has 0 unspecified atom stereocenters. The third-order valence-corrected chi connectivity index (χ3v) is 4.90. The van der Waals surface area contributed by atoms with Crippen LogP contribution in [0.1, 0.15) is 77.0 Å². The van der Waals surface area contributed by atoms with Gasteiger partial charge in [-0.1, -0.05) is 38.5 Å². The van der Waals surface area contributed by atoms with Crippen LogP contribution in [0, 0.1) is 0 Å². The van der Waals surface area contributed by atoms with Gasteiger partial charge in [0, 0.05) is 39.0 Å². The molecule has 178 valence electrons. The SMILES string of the molecule is O=C(O)CCCNCCNCCCCCCCCCCNCCNCCCC(=O)O. The summed E-state index contributed by atoms with van der Waals surface area (Å²) in [4.78, 5) is 20.7. The normalized spacial score (nSPS) is 11.1. The van der Waals surface area contributed by atoms with Crippen molar-refractivity contribution in [1.29, 1.82) is 0 Å². The van der Waals surface area contributed by atoms with Gasteiger partial charge < -0.3 is 31.5 Å². The molecule has 6 N–H and O–H groups in total. The Morgan fingerprint density at radius 2 is 0.667 bits per heavy atom. The van der Waals surface area contributed by atoms with Crippen LogP contribution >= 0.6 is 0 Å². The number of aliphatic carboxylic acids is 2. The Morgan fingerprint density at radius 3 is 0.967 bits per heavy atom. The molecule has 0 aromatic carbocycles. The van der Waals surface area contributed by atoms with Crippen LogP contribution in [-0.2, 0) is 9.59 Å². The molecule has 0 bridgehead atoms. The smallest absolute Gasteiger partial charge is 0.303 e. The lowest BCUT2D eigenvalue weighted by atomic mass is 10.1. The van der Waals surface area contributed by atoms with E-state index >= 15 is 0 Å². The summed E-state index contributed by atoms with van der Waals surface area (Å²) in [6, 6.07) is 0. The van der Waals surface area contributed by atoms with Gasteiger partial charge >= 0.3 is 11.9 Å². The Bertz CT molecular complexity index is 361. The number of nitrogens with one attached hydrogen (secondary N) is 4. The topological polar surface area (TPSA) is 123 Å². The standard InChI is InChI=1S/C22H46N4O4/c27-21(28)11-9-15-25-19-17-23-13-7-5-3-1-2-4-6-8-14-24-18-20-26-16-10-12-22(29)30/h23-26H,1-20H2,(H,27,28)(H,29,30). The highest BCUT2D eigenvalue weighted by Gasteiger charge is 1.97. The zero-order valence-corrected chi connectivity index (χ0v) is 18.9. The van der Waals surface area contributed by atoms with Crippen LogP contribution < -0.4 is 21.3 Å². The number of carboxylic acid groups (broad SMARTS) is 2. The van der Waals surface area contributed by atoms with Crippen LogP contribution in [0.15, 0.2) is 0 Å². The molecule has 0 aliphatic rings. The van der Waals surface area contributed by atoms with Crippen molar-refractivity contribution in [2.75, 3.05) is 52.4 Å². The molecule has 0 saturated carbocycles. The van der Waals surface area contributed by atoms with Crippen LogP contribution in [0.4, 0.5) is 0 Å². The summed E-state index contributed by atoms with van der Waals surface area (Å²) in [7, 11) is 0. The van der Waals surface area contributed by atoms with E-state index < -0.39 is 11.9 Å². The molecule has 0 aliphatic carbocycles. The van der Waals surface area contributed by atoms with Gasteiger partial charge in [0.15, 0.2) is 0 Å². The Balaban J connectivity index is 3.02. The van der Waals surface area contributed by atoms with Crippen molar-refractivity contribution in [3.05, 3.63) is 0 Å². The molecule has 0 aliphatic heterocycles. The monoisotopic (exact) mass is 430 g/mol. The first-order valence-corrected chi connectivity index (χ1v) is 11.9. The van der Waals surface area contributed by atoms with Crippen LogP contribution in [0.5, 0.6) is 0 Å². The van der Waals surface area contributed by atoms with Gasteiger partial charge in [-0.2, -0.15) is 0 Å². The zero-order valence-electron chi connectivity index (χ0n) is 18.9. The predicted octanol–water partition coefficient (Wildman–Crippen LogP) is 2.20. The molecule has 0 saturated heterocycles. The van der Waals surface area contributed by atoms with Crippen LogP contribution in [-0.4, -0.2) is 74.5 Å². The summed E-state index contributed by atoms with van der Waals surface area (Å²) in [6.45, 7) is 7.38. The van der Waals surface area contributed by atoms with Crippen LogP contribution in [0.25, 0.3) is 0 Å². The summed E-state index contributed by atoms with van der Waals surface area (Å²) >= 11 is 0. The van der Waals surface area contributed by atoms with E-state index in [4.69, 9.17) is 10.2 Å². The molecule has 0 heterocycles. The summed E-state index contributed by atoms with van der Waals surface area (Å²) in [5.74, 6) is -1.45. The average molecular weight is 431 g/mol. The van der Waals surface area contributed by atoms with Gasteiger partial charge in [0.05, 0.1) is 0 Å². The van der Waals surface area contributed by atoms with Crippen molar-refractivity contribution < 1.29 is 19.8 Å². The van der Waals surface area contributed by atoms with E-state index in [9.17, 15) is 9.59 Å². The highest BCUT2D eigenvalue weighted by atomic mass is 16.4. The van der Waals surface area contributed by atoms with Crippen molar-refractivity contribution in [2.45, 2.75) is 77.0 Å². The second-order valence-corrected chi connectivity index (χ2v) is 7.82. The first-order valence-electron chi connectivity index (χ1n) is 11.9. The van der Waals surface area contributed by atoms with E-state index in [1.807, 2.05) is 0 Å². The fraction of sp³-hybridized carbons (Fsp3) is 0.909. The second-order valence-electron chi connectivity index (χ2n) is 7.82. The van der Waals surface area contributed by atoms with E-state index in [0.29, 0.717) is 12.8 Å². The minimum Gasteiger partial charge on any atom is -0.481 e. The molecule has 0 atom stereocenters. The second kappa shape index (κ2) is 24.1. The first-order chi connectivity index (χ1) is 14.6.